The molecule has 2 fully saturated rings. The molecule has 2 saturated heterocycles. The number of para-hydroxylation sites is 1. The monoisotopic (exact) mass is 527 g/mol. The molecule has 2 aromatic rings. The van der Waals surface area contributed by atoms with E-state index in [0.29, 0.717) is 13.1 Å². The lowest BCUT2D eigenvalue weighted by atomic mass is 9.77. The first-order valence-corrected chi connectivity index (χ1v) is 13.5. The van der Waals surface area contributed by atoms with Gasteiger partial charge in [0.1, 0.15) is 11.6 Å². The number of benzene rings is 2. The molecule has 0 radical (unpaired) electrons. The van der Waals surface area contributed by atoms with E-state index < -0.39 is 35.6 Å². The fourth-order valence-electron chi connectivity index (χ4n) is 6.70. The molecule has 0 saturated carbocycles. The van der Waals surface area contributed by atoms with Crippen molar-refractivity contribution >= 4 is 29.1 Å². The minimum absolute atomic E-state index is 0.208. The maximum atomic E-state index is 14.5. The predicted octanol–water partition coefficient (Wildman–Crippen LogP) is 2.77. The summed E-state index contributed by atoms with van der Waals surface area (Å²) in [6.07, 6.45) is 6.80. The third kappa shape index (κ3) is 3.77. The van der Waals surface area contributed by atoms with Gasteiger partial charge in [-0.1, -0.05) is 54.6 Å². The van der Waals surface area contributed by atoms with Crippen molar-refractivity contribution in [3.05, 3.63) is 84.0 Å². The SMILES string of the molecule is Cc1ccc(C)c(N2CC=C[C@]34O[C@@H]5C=CCN(c6ccccc6)C(=O)[C@@H]5[C@H]3C(=O)N([C@H](C)CO)C4C2=O)c1. The van der Waals surface area contributed by atoms with Gasteiger partial charge in [0, 0.05) is 24.5 Å². The van der Waals surface area contributed by atoms with E-state index in [2.05, 4.69) is 0 Å². The van der Waals surface area contributed by atoms with Gasteiger partial charge in [-0.3, -0.25) is 14.4 Å². The van der Waals surface area contributed by atoms with E-state index in [1.807, 2.05) is 86.7 Å². The van der Waals surface area contributed by atoms with Gasteiger partial charge in [-0.15, -0.1) is 0 Å². The average Bonchev–Trinajstić information content (AvgIpc) is 3.26. The second kappa shape index (κ2) is 9.47. The summed E-state index contributed by atoms with van der Waals surface area (Å²) >= 11 is 0. The van der Waals surface area contributed by atoms with Gasteiger partial charge in [0.15, 0.2) is 0 Å². The van der Waals surface area contributed by atoms with Crippen molar-refractivity contribution in [1.82, 2.24) is 4.90 Å². The van der Waals surface area contributed by atoms with Crippen LogP contribution in [0.2, 0.25) is 0 Å². The second-order valence-corrected chi connectivity index (χ2v) is 11.0. The fraction of sp³-hybridized carbons (Fsp3) is 0.387. The Morgan fingerprint density at radius 1 is 0.974 bits per heavy atom. The van der Waals surface area contributed by atoms with Crippen LogP contribution in [0.5, 0.6) is 0 Å². The topological polar surface area (TPSA) is 90.4 Å². The van der Waals surface area contributed by atoms with Crippen LogP contribution in [0.15, 0.2) is 72.8 Å². The molecular formula is C31H33N3O5. The van der Waals surface area contributed by atoms with Crippen LogP contribution in [0.3, 0.4) is 0 Å². The van der Waals surface area contributed by atoms with Gasteiger partial charge < -0.3 is 24.5 Å². The van der Waals surface area contributed by atoms with Gasteiger partial charge in [0.05, 0.1) is 30.6 Å². The number of ether oxygens (including phenoxy) is 1. The lowest BCUT2D eigenvalue weighted by Crippen LogP contribution is -2.57. The van der Waals surface area contributed by atoms with E-state index in [9.17, 15) is 19.5 Å². The molecule has 1 unspecified atom stereocenters. The molecule has 3 amide bonds. The summed E-state index contributed by atoms with van der Waals surface area (Å²) in [6.45, 7) is 6.00. The lowest BCUT2D eigenvalue weighted by Gasteiger charge is -2.37. The molecule has 2 aromatic carbocycles. The normalized spacial score (nSPS) is 30.7. The molecule has 8 nitrogen and oxygen atoms in total. The Morgan fingerprint density at radius 2 is 1.72 bits per heavy atom. The average molecular weight is 528 g/mol. The number of anilines is 2. The number of carbonyl (C=O) groups excluding carboxylic acids is 3. The van der Waals surface area contributed by atoms with Crippen molar-refractivity contribution in [2.75, 3.05) is 29.5 Å². The van der Waals surface area contributed by atoms with Crippen molar-refractivity contribution < 1.29 is 24.2 Å². The number of hydrogen-bond donors (Lipinski definition) is 1. The van der Waals surface area contributed by atoms with Crippen molar-refractivity contribution in [1.29, 1.82) is 0 Å². The van der Waals surface area contributed by atoms with Gasteiger partial charge in [0.2, 0.25) is 11.8 Å². The third-order valence-electron chi connectivity index (χ3n) is 8.56. The molecule has 8 heteroatoms. The van der Waals surface area contributed by atoms with Crippen LogP contribution in [0.4, 0.5) is 11.4 Å². The van der Waals surface area contributed by atoms with E-state index in [1.165, 1.54) is 4.90 Å². The summed E-state index contributed by atoms with van der Waals surface area (Å²) in [7, 11) is 0. The van der Waals surface area contributed by atoms with Gasteiger partial charge in [-0.25, -0.2) is 0 Å². The van der Waals surface area contributed by atoms with E-state index in [4.69, 9.17) is 4.74 Å². The Hall–Kier alpha value is -3.75. The lowest BCUT2D eigenvalue weighted by molar-refractivity contribution is -0.143. The fourth-order valence-corrected chi connectivity index (χ4v) is 6.70. The largest absolute Gasteiger partial charge is 0.394 e. The van der Waals surface area contributed by atoms with Crippen LogP contribution in [0.25, 0.3) is 0 Å². The van der Waals surface area contributed by atoms with Crippen molar-refractivity contribution in [2.45, 2.75) is 44.6 Å². The molecule has 4 aliphatic rings. The van der Waals surface area contributed by atoms with Crippen LogP contribution in [0, 0.1) is 25.7 Å². The minimum Gasteiger partial charge on any atom is -0.394 e. The highest BCUT2D eigenvalue weighted by Crippen LogP contribution is 2.54. The number of carbonyl (C=O) groups is 3. The zero-order chi connectivity index (χ0) is 27.5. The predicted molar refractivity (Wildman–Crippen MR) is 147 cm³/mol. The zero-order valence-corrected chi connectivity index (χ0v) is 22.4. The summed E-state index contributed by atoms with van der Waals surface area (Å²) in [5.41, 5.74) is 2.13. The van der Waals surface area contributed by atoms with Crippen LogP contribution >= 0.6 is 0 Å². The van der Waals surface area contributed by atoms with E-state index in [0.717, 1.165) is 22.5 Å². The Kier molecular flexibility index (Phi) is 6.19. The molecule has 1 N–H and O–H groups in total. The maximum absolute atomic E-state index is 14.5. The summed E-state index contributed by atoms with van der Waals surface area (Å²) in [5.74, 6) is -2.54. The highest BCUT2D eigenvalue weighted by atomic mass is 16.5. The van der Waals surface area contributed by atoms with E-state index >= 15 is 0 Å². The number of nitrogens with zero attached hydrogens (tertiary/aromatic N) is 3. The van der Waals surface area contributed by atoms with Crippen LogP contribution < -0.4 is 9.80 Å². The molecule has 4 heterocycles. The smallest absolute Gasteiger partial charge is 0.253 e. The molecular weight excluding hydrogens is 494 g/mol. The minimum atomic E-state index is -1.33. The summed E-state index contributed by atoms with van der Waals surface area (Å²) in [4.78, 5) is 47.7. The first kappa shape index (κ1) is 25.5. The Morgan fingerprint density at radius 3 is 2.46 bits per heavy atom. The van der Waals surface area contributed by atoms with Crippen molar-refractivity contribution in [2.24, 2.45) is 11.8 Å². The summed E-state index contributed by atoms with van der Waals surface area (Å²) in [5, 5.41) is 10.1. The first-order chi connectivity index (χ1) is 18.8. The number of aliphatic hydroxyl groups excluding tert-OH is 1. The molecule has 39 heavy (non-hydrogen) atoms. The number of hydrogen-bond acceptors (Lipinski definition) is 5. The Bertz CT molecular complexity index is 1390. The molecule has 0 bridgehead atoms. The van der Waals surface area contributed by atoms with Crippen LogP contribution in [0.1, 0.15) is 18.1 Å². The maximum Gasteiger partial charge on any atom is 0.253 e. The van der Waals surface area contributed by atoms with Crippen molar-refractivity contribution in [3.63, 3.8) is 0 Å². The van der Waals surface area contributed by atoms with E-state index in [1.54, 1.807) is 16.7 Å². The van der Waals surface area contributed by atoms with Gasteiger partial charge in [-0.05, 0) is 50.1 Å². The van der Waals surface area contributed by atoms with Crippen LogP contribution in [-0.4, -0.2) is 71.2 Å². The van der Waals surface area contributed by atoms with Gasteiger partial charge in [-0.2, -0.15) is 0 Å². The molecule has 202 valence electrons. The molecule has 6 rings (SSSR count). The number of fused-ring (bicyclic) bond motifs is 2. The number of rotatable bonds is 4. The molecule has 0 aromatic heterocycles. The van der Waals surface area contributed by atoms with Crippen molar-refractivity contribution in [3.8, 4) is 0 Å². The number of amides is 3. The second-order valence-electron chi connectivity index (χ2n) is 11.0. The molecule has 0 aliphatic carbocycles. The molecule has 6 atom stereocenters. The highest BCUT2D eigenvalue weighted by molar-refractivity contribution is 6.07. The Balaban J connectivity index is 1.47. The van der Waals surface area contributed by atoms with Gasteiger partial charge >= 0.3 is 0 Å². The number of aliphatic hydroxyl groups is 1. The quantitative estimate of drug-likeness (QED) is 0.618. The first-order valence-electron chi connectivity index (χ1n) is 13.5. The number of likely N-dealkylation sites (tertiary alicyclic amines) is 1. The van der Waals surface area contributed by atoms with E-state index in [-0.39, 0.29) is 24.3 Å². The third-order valence-corrected chi connectivity index (χ3v) is 8.56. The molecule has 1 spiro atoms. The summed E-state index contributed by atoms with van der Waals surface area (Å²) in [6, 6.07) is 13.7. The zero-order valence-electron chi connectivity index (χ0n) is 22.4. The molecule has 4 aliphatic heterocycles. The number of aryl methyl sites for hydroxylation is 2. The van der Waals surface area contributed by atoms with Gasteiger partial charge in [0.25, 0.3) is 5.91 Å². The summed E-state index contributed by atoms with van der Waals surface area (Å²) < 4.78 is 6.69. The standard InChI is InChI=1S/C31H33N3O5/c1-19-12-13-20(2)23(17-19)33-16-8-14-31-26(29(37)34(21(3)18-35)27(31)30(33)38)25-24(39-31)11-7-15-32(28(25)36)22-9-5-4-6-10-22/h4-14,17,21,24-27,35H,15-16,18H2,1-3H3/t21-,24-,25+,26+,27?,31+/m1/s1. The highest BCUT2D eigenvalue weighted by Gasteiger charge is 2.72. The van der Waals surface area contributed by atoms with Crippen LogP contribution in [-0.2, 0) is 19.1 Å². The Labute approximate surface area is 228 Å².